The standard InChI is InChI=1S/C24H31F3N4O3S/c25-24(26,27)20-3-1-4-22(17-20)31-15-13-30(14-16-31)12-10-19-6-8-21(9-7-19)29-35(32,33)34-23-5-2-11-28-18-23/h1-5,11,17-19,21,29H,6-10,12-16H2. The van der Waals surface area contributed by atoms with Crippen LogP contribution in [0.15, 0.2) is 48.8 Å². The van der Waals surface area contributed by atoms with Gasteiger partial charge in [0.2, 0.25) is 0 Å². The van der Waals surface area contributed by atoms with Gasteiger partial charge < -0.3 is 9.08 Å². The molecule has 2 aromatic rings. The monoisotopic (exact) mass is 512 g/mol. The molecule has 0 atom stereocenters. The minimum atomic E-state index is -4.33. The summed E-state index contributed by atoms with van der Waals surface area (Å²) in [5.41, 5.74) is 0.00622. The highest BCUT2D eigenvalue weighted by Crippen LogP contribution is 2.32. The van der Waals surface area contributed by atoms with Crippen LogP contribution in [0.25, 0.3) is 0 Å². The number of benzene rings is 1. The number of halogens is 3. The van der Waals surface area contributed by atoms with E-state index >= 15 is 0 Å². The highest BCUT2D eigenvalue weighted by Gasteiger charge is 2.31. The van der Waals surface area contributed by atoms with Crippen molar-refractivity contribution in [1.29, 1.82) is 0 Å². The van der Waals surface area contributed by atoms with E-state index in [0.29, 0.717) is 24.7 Å². The minimum Gasteiger partial charge on any atom is -0.369 e. The van der Waals surface area contributed by atoms with Gasteiger partial charge in [-0.1, -0.05) is 6.07 Å². The maximum absolute atomic E-state index is 13.0. The molecule has 0 spiro atoms. The Bertz CT molecular complexity index is 1050. The molecule has 35 heavy (non-hydrogen) atoms. The van der Waals surface area contributed by atoms with E-state index in [-0.39, 0.29) is 11.8 Å². The van der Waals surface area contributed by atoms with Crippen molar-refractivity contribution in [2.45, 2.75) is 44.3 Å². The third-order valence-corrected chi connectivity index (χ3v) is 7.80. The van der Waals surface area contributed by atoms with Gasteiger partial charge in [-0.3, -0.25) is 9.88 Å². The first-order chi connectivity index (χ1) is 16.7. The lowest BCUT2D eigenvalue weighted by Gasteiger charge is -2.37. The highest BCUT2D eigenvalue weighted by atomic mass is 32.2. The number of hydrogen-bond donors (Lipinski definition) is 1. The Morgan fingerprint density at radius 1 is 1.03 bits per heavy atom. The molecule has 2 aliphatic rings. The second-order valence-corrected chi connectivity index (χ2v) is 10.5. The second kappa shape index (κ2) is 11.1. The first-order valence-electron chi connectivity index (χ1n) is 11.9. The molecule has 1 aromatic heterocycles. The maximum atomic E-state index is 13.0. The fourth-order valence-corrected chi connectivity index (χ4v) is 5.84. The average molecular weight is 513 g/mol. The summed E-state index contributed by atoms with van der Waals surface area (Å²) in [5.74, 6) is 0.721. The van der Waals surface area contributed by atoms with Crippen LogP contribution in [0.1, 0.15) is 37.7 Å². The molecule has 1 aliphatic heterocycles. The van der Waals surface area contributed by atoms with E-state index < -0.39 is 22.0 Å². The SMILES string of the molecule is O=S(=O)(NC1CCC(CCN2CCN(c3cccc(C(F)(F)F)c3)CC2)CC1)Oc1cccnc1. The normalized spacial score (nSPS) is 22.2. The van der Waals surface area contributed by atoms with E-state index in [1.54, 1.807) is 24.4 Å². The van der Waals surface area contributed by atoms with Crippen LogP contribution in [0.2, 0.25) is 0 Å². The predicted molar refractivity (Wildman–Crippen MR) is 127 cm³/mol. The number of aromatic nitrogens is 1. The number of hydrogen-bond acceptors (Lipinski definition) is 6. The molecule has 7 nitrogen and oxygen atoms in total. The molecule has 0 radical (unpaired) electrons. The van der Waals surface area contributed by atoms with Crippen LogP contribution >= 0.6 is 0 Å². The van der Waals surface area contributed by atoms with Gasteiger partial charge in [0, 0.05) is 44.1 Å². The Balaban J connectivity index is 1.16. The first-order valence-corrected chi connectivity index (χ1v) is 13.3. The number of rotatable bonds is 8. The first kappa shape index (κ1) is 25.7. The van der Waals surface area contributed by atoms with Crippen LogP contribution in [0.4, 0.5) is 18.9 Å². The van der Waals surface area contributed by atoms with E-state index in [1.807, 2.05) is 4.90 Å². The van der Waals surface area contributed by atoms with Gasteiger partial charge in [-0.05, 0) is 74.9 Å². The summed E-state index contributed by atoms with van der Waals surface area (Å²) in [4.78, 5) is 8.22. The molecule has 11 heteroatoms. The largest absolute Gasteiger partial charge is 0.416 e. The van der Waals surface area contributed by atoms with E-state index in [9.17, 15) is 21.6 Å². The highest BCUT2D eigenvalue weighted by molar-refractivity contribution is 7.85. The number of nitrogens with one attached hydrogen (secondary N) is 1. The van der Waals surface area contributed by atoms with E-state index in [2.05, 4.69) is 14.6 Å². The van der Waals surface area contributed by atoms with E-state index in [1.165, 1.54) is 18.3 Å². The third kappa shape index (κ3) is 7.55. The van der Waals surface area contributed by atoms with Crippen LogP contribution in [-0.2, 0) is 16.5 Å². The fraction of sp³-hybridized carbons (Fsp3) is 0.542. The van der Waals surface area contributed by atoms with Gasteiger partial charge in [0.15, 0.2) is 5.75 Å². The number of piperazine rings is 1. The molecule has 0 unspecified atom stereocenters. The molecule has 192 valence electrons. The summed E-state index contributed by atoms with van der Waals surface area (Å²) >= 11 is 0. The van der Waals surface area contributed by atoms with Crippen LogP contribution in [0.5, 0.6) is 5.75 Å². The van der Waals surface area contributed by atoms with Gasteiger partial charge in [0.25, 0.3) is 0 Å². The zero-order valence-corrected chi connectivity index (χ0v) is 20.3. The Hall–Kier alpha value is -2.37. The quantitative estimate of drug-likeness (QED) is 0.575. The maximum Gasteiger partial charge on any atom is 0.416 e. The molecular formula is C24H31F3N4O3S. The van der Waals surface area contributed by atoms with Gasteiger partial charge in [-0.2, -0.15) is 26.3 Å². The molecule has 2 fully saturated rings. The molecule has 1 aliphatic carbocycles. The van der Waals surface area contributed by atoms with Crippen LogP contribution in [0, 0.1) is 5.92 Å². The van der Waals surface area contributed by atoms with Crippen molar-refractivity contribution in [3.05, 3.63) is 54.4 Å². The van der Waals surface area contributed by atoms with Crippen molar-refractivity contribution >= 4 is 16.0 Å². The lowest BCUT2D eigenvalue weighted by Crippen LogP contribution is -2.47. The number of alkyl halides is 3. The van der Waals surface area contributed by atoms with Gasteiger partial charge in [0.1, 0.15) is 0 Å². The van der Waals surface area contributed by atoms with Crippen LogP contribution < -0.4 is 13.8 Å². The topological polar surface area (TPSA) is 74.8 Å². The van der Waals surface area contributed by atoms with Crippen molar-refractivity contribution < 1.29 is 25.8 Å². The molecule has 1 aromatic carbocycles. The molecule has 1 saturated heterocycles. The fourth-order valence-electron chi connectivity index (χ4n) is 4.79. The van der Waals surface area contributed by atoms with Gasteiger partial charge in [-0.15, -0.1) is 0 Å². The van der Waals surface area contributed by atoms with E-state index in [0.717, 1.165) is 57.8 Å². The summed E-state index contributed by atoms with van der Waals surface area (Å²) in [6.45, 7) is 3.98. The molecule has 2 heterocycles. The number of nitrogens with zero attached hydrogens (tertiary/aromatic N) is 3. The van der Waals surface area contributed by atoms with Gasteiger partial charge in [-0.25, -0.2) is 0 Å². The lowest BCUT2D eigenvalue weighted by molar-refractivity contribution is -0.137. The van der Waals surface area contributed by atoms with Crippen molar-refractivity contribution in [2.75, 3.05) is 37.6 Å². The Morgan fingerprint density at radius 2 is 1.77 bits per heavy atom. The zero-order valence-electron chi connectivity index (χ0n) is 19.5. The van der Waals surface area contributed by atoms with Crippen molar-refractivity contribution in [1.82, 2.24) is 14.6 Å². The molecule has 0 amide bonds. The average Bonchev–Trinajstić information content (AvgIpc) is 2.84. The molecule has 1 saturated carbocycles. The molecular weight excluding hydrogens is 481 g/mol. The zero-order chi connectivity index (χ0) is 24.9. The van der Waals surface area contributed by atoms with Crippen molar-refractivity contribution in [2.24, 2.45) is 5.92 Å². The summed E-state index contributed by atoms with van der Waals surface area (Å²) in [6.07, 6.45) is 3.04. The Morgan fingerprint density at radius 3 is 2.43 bits per heavy atom. The van der Waals surface area contributed by atoms with E-state index in [4.69, 9.17) is 4.18 Å². The van der Waals surface area contributed by atoms with Crippen molar-refractivity contribution in [3.8, 4) is 5.75 Å². The lowest BCUT2D eigenvalue weighted by atomic mass is 9.84. The second-order valence-electron chi connectivity index (χ2n) is 9.23. The third-order valence-electron chi connectivity index (χ3n) is 6.76. The van der Waals surface area contributed by atoms with Crippen LogP contribution in [0.3, 0.4) is 0 Å². The van der Waals surface area contributed by atoms with Gasteiger partial charge >= 0.3 is 16.5 Å². The Labute approximate surface area is 204 Å². The summed E-state index contributed by atoms with van der Waals surface area (Å²) < 4.78 is 71.2. The van der Waals surface area contributed by atoms with Crippen molar-refractivity contribution in [3.63, 3.8) is 0 Å². The molecule has 4 rings (SSSR count). The number of pyridine rings is 1. The summed E-state index contributed by atoms with van der Waals surface area (Å²) in [6, 6.07) is 8.55. The number of anilines is 1. The minimum absolute atomic E-state index is 0.135. The molecule has 1 N–H and O–H groups in total. The Kier molecular flexibility index (Phi) is 8.18. The predicted octanol–water partition coefficient (Wildman–Crippen LogP) is 4.08. The van der Waals surface area contributed by atoms with Crippen LogP contribution in [-0.4, -0.2) is 57.1 Å². The molecule has 0 bridgehead atoms. The van der Waals surface area contributed by atoms with Gasteiger partial charge in [0.05, 0.1) is 11.8 Å². The summed E-state index contributed by atoms with van der Waals surface area (Å²) in [7, 11) is -3.89. The summed E-state index contributed by atoms with van der Waals surface area (Å²) in [5, 5.41) is 0. The smallest absolute Gasteiger partial charge is 0.369 e.